The molecular weight excluding hydrogens is 176 g/mol. The summed E-state index contributed by atoms with van der Waals surface area (Å²) in [7, 11) is 0. The van der Waals surface area contributed by atoms with Crippen LogP contribution in [0.15, 0.2) is 12.1 Å². The van der Waals surface area contributed by atoms with Crippen LogP contribution in [0.4, 0.5) is 0 Å². The van der Waals surface area contributed by atoms with Gasteiger partial charge >= 0.3 is 0 Å². The Morgan fingerprint density at radius 1 is 1.43 bits per heavy atom. The molecule has 0 saturated heterocycles. The highest BCUT2D eigenvalue weighted by molar-refractivity contribution is 5.79. The van der Waals surface area contributed by atoms with E-state index < -0.39 is 0 Å². The third-order valence-electron chi connectivity index (χ3n) is 2.03. The van der Waals surface area contributed by atoms with E-state index in [2.05, 4.69) is 0 Å². The van der Waals surface area contributed by atoms with Crippen molar-refractivity contribution in [3.8, 4) is 12.1 Å². The number of nitrogens with zero attached hydrogens (tertiary/aromatic N) is 2. The van der Waals surface area contributed by atoms with Crippen LogP contribution in [0.1, 0.15) is 27.0 Å². The average molecular weight is 184 g/mol. The second-order valence-electron chi connectivity index (χ2n) is 2.93. The minimum absolute atomic E-state index is 0.262. The predicted octanol–water partition coefficient (Wildman–Crippen LogP) is 1.75. The summed E-state index contributed by atoms with van der Waals surface area (Å²) in [5, 5.41) is 17.3. The lowest BCUT2D eigenvalue weighted by Gasteiger charge is -2.03. The summed E-state index contributed by atoms with van der Waals surface area (Å²) in [6, 6.07) is 7.19. The standard InChI is InChI=1S/C11H8N2O/c1-8-4-10(6-13)11(7-14)5-9(8)2-3-12/h4-5,7H,2H2,1H3. The molecule has 0 fully saturated rings. The Bertz CT molecular complexity index is 450. The number of carbonyl (C=O) groups excluding carboxylic acids is 1. The molecule has 3 nitrogen and oxygen atoms in total. The molecule has 0 aliphatic rings. The van der Waals surface area contributed by atoms with Crippen molar-refractivity contribution in [1.82, 2.24) is 0 Å². The van der Waals surface area contributed by atoms with Crippen LogP contribution in [0.5, 0.6) is 0 Å². The highest BCUT2D eigenvalue weighted by atomic mass is 16.1. The first kappa shape index (κ1) is 9.95. The Morgan fingerprint density at radius 3 is 2.64 bits per heavy atom. The molecule has 14 heavy (non-hydrogen) atoms. The molecule has 0 unspecified atom stereocenters. The van der Waals surface area contributed by atoms with Crippen molar-refractivity contribution in [2.45, 2.75) is 13.3 Å². The van der Waals surface area contributed by atoms with Crippen LogP contribution in [0, 0.1) is 29.6 Å². The number of nitriles is 2. The smallest absolute Gasteiger partial charge is 0.151 e. The van der Waals surface area contributed by atoms with E-state index in [1.165, 1.54) is 0 Å². The fourth-order valence-electron chi connectivity index (χ4n) is 1.24. The number of carbonyl (C=O) groups is 1. The van der Waals surface area contributed by atoms with Crippen molar-refractivity contribution in [3.05, 3.63) is 34.4 Å². The maximum Gasteiger partial charge on any atom is 0.151 e. The summed E-state index contributed by atoms with van der Waals surface area (Å²) in [5.74, 6) is 0. The Labute approximate surface area is 82.2 Å². The largest absolute Gasteiger partial charge is 0.298 e. The Kier molecular flexibility index (Phi) is 2.99. The minimum atomic E-state index is 0.262. The van der Waals surface area contributed by atoms with Crippen LogP contribution < -0.4 is 0 Å². The molecule has 0 amide bonds. The fraction of sp³-hybridized carbons (Fsp3) is 0.182. The number of rotatable bonds is 2. The molecule has 0 aliphatic carbocycles. The lowest BCUT2D eigenvalue weighted by atomic mass is 9.99. The first-order valence-corrected chi connectivity index (χ1v) is 4.08. The zero-order valence-corrected chi connectivity index (χ0v) is 7.74. The van der Waals surface area contributed by atoms with Crippen molar-refractivity contribution >= 4 is 6.29 Å². The molecule has 1 aromatic rings. The summed E-state index contributed by atoms with van der Waals surface area (Å²) in [6.45, 7) is 1.82. The summed E-state index contributed by atoms with van der Waals surface area (Å²) in [6.07, 6.45) is 0.900. The Morgan fingerprint density at radius 2 is 2.14 bits per heavy atom. The van der Waals surface area contributed by atoms with E-state index >= 15 is 0 Å². The molecule has 0 aliphatic heterocycles. The van der Waals surface area contributed by atoms with Crippen LogP contribution in [0.25, 0.3) is 0 Å². The fourth-order valence-corrected chi connectivity index (χ4v) is 1.24. The number of hydrogen-bond acceptors (Lipinski definition) is 3. The molecule has 0 N–H and O–H groups in total. The van der Waals surface area contributed by atoms with Gasteiger partial charge in [-0.15, -0.1) is 0 Å². The number of aldehydes is 1. The number of aryl methyl sites for hydroxylation is 1. The lowest BCUT2D eigenvalue weighted by Crippen LogP contribution is -1.95. The van der Waals surface area contributed by atoms with Crippen molar-refractivity contribution < 1.29 is 4.79 Å². The van der Waals surface area contributed by atoms with Gasteiger partial charge in [0.2, 0.25) is 0 Å². The molecule has 0 aromatic heterocycles. The van der Waals surface area contributed by atoms with E-state index in [1.807, 2.05) is 19.1 Å². The molecule has 0 saturated carbocycles. The van der Waals surface area contributed by atoms with Gasteiger partial charge in [-0.2, -0.15) is 10.5 Å². The van der Waals surface area contributed by atoms with Crippen LogP contribution in [0.2, 0.25) is 0 Å². The number of benzene rings is 1. The zero-order chi connectivity index (χ0) is 10.6. The van der Waals surface area contributed by atoms with Crippen LogP contribution in [0.3, 0.4) is 0 Å². The summed E-state index contributed by atoms with van der Waals surface area (Å²) in [4.78, 5) is 10.6. The molecule has 3 heteroatoms. The monoisotopic (exact) mass is 184 g/mol. The van der Waals surface area contributed by atoms with Crippen molar-refractivity contribution in [1.29, 1.82) is 10.5 Å². The van der Waals surface area contributed by atoms with Crippen LogP contribution in [-0.4, -0.2) is 6.29 Å². The molecule has 1 rings (SSSR count). The van der Waals surface area contributed by atoms with E-state index in [4.69, 9.17) is 10.5 Å². The van der Waals surface area contributed by atoms with Crippen molar-refractivity contribution in [2.75, 3.05) is 0 Å². The number of hydrogen-bond donors (Lipinski definition) is 0. The van der Waals surface area contributed by atoms with Crippen LogP contribution in [-0.2, 0) is 6.42 Å². The highest BCUT2D eigenvalue weighted by Gasteiger charge is 2.05. The van der Waals surface area contributed by atoms with Crippen LogP contribution >= 0.6 is 0 Å². The normalized spacial score (nSPS) is 8.79. The second-order valence-corrected chi connectivity index (χ2v) is 2.93. The van der Waals surface area contributed by atoms with Gasteiger partial charge in [-0.25, -0.2) is 0 Å². The predicted molar refractivity (Wildman–Crippen MR) is 50.6 cm³/mol. The molecule has 0 radical (unpaired) electrons. The quantitative estimate of drug-likeness (QED) is 0.657. The zero-order valence-electron chi connectivity index (χ0n) is 7.74. The van der Waals surface area contributed by atoms with E-state index in [-0.39, 0.29) is 6.42 Å². The first-order chi connectivity index (χ1) is 6.72. The summed E-state index contributed by atoms with van der Waals surface area (Å²) >= 11 is 0. The van der Waals surface area contributed by atoms with Crippen molar-refractivity contribution in [2.24, 2.45) is 0 Å². The third-order valence-corrected chi connectivity index (χ3v) is 2.03. The van der Waals surface area contributed by atoms with E-state index in [9.17, 15) is 4.79 Å². The molecule has 0 spiro atoms. The van der Waals surface area contributed by atoms with E-state index in [0.29, 0.717) is 17.4 Å². The van der Waals surface area contributed by atoms with Crippen molar-refractivity contribution in [3.63, 3.8) is 0 Å². The minimum Gasteiger partial charge on any atom is -0.298 e. The highest BCUT2D eigenvalue weighted by Crippen LogP contribution is 2.15. The second kappa shape index (κ2) is 4.20. The van der Waals surface area contributed by atoms with Gasteiger partial charge in [0.15, 0.2) is 6.29 Å². The third kappa shape index (κ3) is 1.78. The van der Waals surface area contributed by atoms with Gasteiger partial charge in [-0.3, -0.25) is 4.79 Å². The summed E-state index contributed by atoms with van der Waals surface area (Å²) < 4.78 is 0. The molecule has 68 valence electrons. The van der Waals surface area contributed by atoms with E-state index in [1.54, 1.807) is 12.1 Å². The van der Waals surface area contributed by atoms with Gasteiger partial charge in [0.25, 0.3) is 0 Å². The molecular formula is C11H8N2O. The molecule has 0 atom stereocenters. The van der Waals surface area contributed by atoms with Gasteiger partial charge in [0.05, 0.1) is 24.1 Å². The Hall–Kier alpha value is -2.13. The topological polar surface area (TPSA) is 64.7 Å². The maximum atomic E-state index is 10.6. The van der Waals surface area contributed by atoms with Gasteiger partial charge in [0.1, 0.15) is 0 Å². The molecule has 0 heterocycles. The lowest BCUT2D eigenvalue weighted by molar-refractivity contribution is 0.112. The average Bonchev–Trinajstić information content (AvgIpc) is 2.20. The Balaban J connectivity index is 3.33. The van der Waals surface area contributed by atoms with Gasteiger partial charge in [-0.05, 0) is 30.2 Å². The van der Waals surface area contributed by atoms with E-state index in [0.717, 1.165) is 11.1 Å². The summed E-state index contributed by atoms with van der Waals surface area (Å²) in [5.41, 5.74) is 2.38. The van der Waals surface area contributed by atoms with Gasteiger partial charge in [-0.1, -0.05) is 0 Å². The van der Waals surface area contributed by atoms with Gasteiger partial charge in [0, 0.05) is 5.56 Å². The molecule has 0 bridgehead atoms. The first-order valence-electron chi connectivity index (χ1n) is 4.08. The maximum absolute atomic E-state index is 10.6. The SMILES string of the molecule is Cc1cc(C#N)c(C=O)cc1CC#N. The molecule has 1 aromatic carbocycles. The van der Waals surface area contributed by atoms with Gasteiger partial charge < -0.3 is 0 Å².